The van der Waals surface area contributed by atoms with Crippen LogP contribution in [0.3, 0.4) is 0 Å². The van der Waals surface area contributed by atoms with Crippen LogP contribution in [0.15, 0.2) is 17.0 Å². The Labute approximate surface area is 119 Å². The smallest absolute Gasteiger partial charge is 0.243 e. The van der Waals surface area contributed by atoms with Crippen LogP contribution in [0.1, 0.15) is 25.8 Å². The fourth-order valence-electron chi connectivity index (χ4n) is 2.56. The summed E-state index contributed by atoms with van der Waals surface area (Å²) in [7, 11) is -3.51. The molecule has 0 amide bonds. The van der Waals surface area contributed by atoms with Gasteiger partial charge in [0.05, 0.1) is 4.90 Å². The van der Waals surface area contributed by atoms with Gasteiger partial charge in [-0.2, -0.15) is 4.31 Å². The predicted molar refractivity (Wildman–Crippen MR) is 77.7 cm³/mol. The Hall–Kier alpha value is -0.780. The van der Waals surface area contributed by atoms with Gasteiger partial charge in [-0.15, -0.1) is 0 Å². The Kier molecular flexibility index (Phi) is 3.82. The minimum Gasteiger partial charge on any atom is -0.398 e. The molecule has 1 heterocycles. The Morgan fingerprint density at radius 1 is 1.37 bits per heavy atom. The molecule has 1 aliphatic rings. The van der Waals surface area contributed by atoms with Crippen LogP contribution >= 0.6 is 11.6 Å². The van der Waals surface area contributed by atoms with Crippen molar-refractivity contribution >= 4 is 27.3 Å². The van der Waals surface area contributed by atoms with Crippen LogP contribution in [-0.4, -0.2) is 25.3 Å². The summed E-state index contributed by atoms with van der Waals surface area (Å²) in [4.78, 5) is 0.182. The van der Waals surface area contributed by atoms with E-state index < -0.39 is 10.0 Å². The highest BCUT2D eigenvalue weighted by Crippen LogP contribution is 2.32. The molecule has 1 aromatic rings. The zero-order valence-corrected chi connectivity index (χ0v) is 12.9. The molecule has 1 aromatic carbocycles. The van der Waals surface area contributed by atoms with Crippen molar-refractivity contribution < 1.29 is 8.42 Å². The summed E-state index contributed by atoms with van der Waals surface area (Å²) >= 11 is 6.03. The summed E-state index contributed by atoms with van der Waals surface area (Å²) in [6.45, 7) is 6.31. The van der Waals surface area contributed by atoms with E-state index in [4.69, 9.17) is 17.3 Å². The van der Waals surface area contributed by atoms with Crippen LogP contribution in [0.2, 0.25) is 5.02 Å². The summed E-state index contributed by atoms with van der Waals surface area (Å²) in [5, 5.41) is 0.387. The van der Waals surface area contributed by atoms with Gasteiger partial charge in [0.25, 0.3) is 0 Å². The minimum atomic E-state index is -3.51. The number of halogens is 1. The van der Waals surface area contributed by atoms with Crippen molar-refractivity contribution in [2.24, 2.45) is 5.92 Å². The van der Waals surface area contributed by atoms with E-state index in [1.807, 2.05) is 6.92 Å². The molecule has 6 heteroatoms. The van der Waals surface area contributed by atoms with Gasteiger partial charge in [-0.1, -0.05) is 18.5 Å². The molecule has 19 heavy (non-hydrogen) atoms. The Morgan fingerprint density at radius 3 is 2.47 bits per heavy atom. The van der Waals surface area contributed by atoms with Crippen LogP contribution < -0.4 is 5.73 Å². The first-order chi connectivity index (χ1) is 8.73. The Balaban J connectivity index is 2.46. The highest BCUT2D eigenvalue weighted by molar-refractivity contribution is 7.89. The molecule has 2 atom stereocenters. The van der Waals surface area contributed by atoms with Crippen LogP contribution in [0, 0.1) is 12.8 Å². The SMILES string of the molecule is Cc1c(N)cc(S(=O)(=O)N2CC(C)CC2C)cc1Cl. The van der Waals surface area contributed by atoms with Crippen LogP contribution in [0.5, 0.6) is 0 Å². The van der Waals surface area contributed by atoms with Crippen LogP contribution in [-0.2, 0) is 10.0 Å². The normalized spacial score (nSPS) is 24.8. The van der Waals surface area contributed by atoms with E-state index in [0.717, 1.165) is 6.42 Å². The van der Waals surface area contributed by atoms with Gasteiger partial charge in [0.15, 0.2) is 0 Å². The lowest BCUT2D eigenvalue weighted by atomic mass is 10.1. The largest absolute Gasteiger partial charge is 0.398 e. The molecule has 106 valence electrons. The molecule has 1 fully saturated rings. The first kappa shape index (κ1) is 14.6. The van der Waals surface area contributed by atoms with Crippen molar-refractivity contribution in [2.75, 3.05) is 12.3 Å². The molecule has 0 radical (unpaired) electrons. The molecule has 0 aromatic heterocycles. The summed E-state index contributed by atoms with van der Waals surface area (Å²) in [6.07, 6.45) is 0.883. The maximum Gasteiger partial charge on any atom is 0.243 e. The van der Waals surface area contributed by atoms with E-state index in [1.165, 1.54) is 16.4 Å². The minimum absolute atomic E-state index is 0.0151. The highest BCUT2D eigenvalue weighted by Gasteiger charge is 2.36. The standard InChI is InChI=1S/C13H19ClN2O2S/c1-8-4-9(2)16(7-8)19(17,18)11-5-12(14)10(3)13(15)6-11/h5-6,8-9H,4,7,15H2,1-3H3. The zero-order valence-electron chi connectivity index (χ0n) is 11.4. The van der Waals surface area contributed by atoms with Gasteiger partial charge in [-0.05, 0) is 43.9 Å². The van der Waals surface area contributed by atoms with Gasteiger partial charge in [0, 0.05) is 23.3 Å². The molecule has 0 spiro atoms. The molecule has 2 rings (SSSR count). The van der Waals surface area contributed by atoms with E-state index >= 15 is 0 Å². The van der Waals surface area contributed by atoms with Gasteiger partial charge < -0.3 is 5.73 Å². The summed E-state index contributed by atoms with van der Waals surface area (Å²) in [5.74, 6) is 0.378. The van der Waals surface area contributed by atoms with Gasteiger partial charge in [0.1, 0.15) is 0 Å². The highest BCUT2D eigenvalue weighted by atomic mass is 35.5. The third-order valence-electron chi connectivity index (χ3n) is 3.69. The third-order valence-corrected chi connectivity index (χ3v) is 6.04. The third kappa shape index (κ3) is 2.59. The van der Waals surface area contributed by atoms with E-state index in [0.29, 0.717) is 28.7 Å². The summed E-state index contributed by atoms with van der Waals surface area (Å²) in [6, 6.07) is 2.99. The number of rotatable bonds is 2. The van der Waals surface area contributed by atoms with Gasteiger partial charge in [0.2, 0.25) is 10.0 Å². The van der Waals surface area contributed by atoms with Crippen molar-refractivity contribution in [3.05, 3.63) is 22.7 Å². The lowest BCUT2D eigenvalue weighted by Gasteiger charge is -2.21. The number of hydrogen-bond acceptors (Lipinski definition) is 3. The van der Waals surface area contributed by atoms with E-state index in [-0.39, 0.29) is 10.9 Å². The number of benzene rings is 1. The molecule has 0 aliphatic carbocycles. The average Bonchev–Trinajstić information content (AvgIpc) is 2.65. The van der Waals surface area contributed by atoms with Crippen molar-refractivity contribution in [2.45, 2.75) is 38.1 Å². The maximum atomic E-state index is 12.6. The van der Waals surface area contributed by atoms with Crippen molar-refractivity contribution in [3.8, 4) is 0 Å². The number of nitrogen functional groups attached to an aromatic ring is 1. The van der Waals surface area contributed by atoms with E-state index in [9.17, 15) is 8.42 Å². The molecule has 2 N–H and O–H groups in total. The number of nitrogens with zero attached hydrogens (tertiary/aromatic N) is 1. The topological polar surface area (TPSA) is 63.4 Å². The molecule has 1 saturated heterocycles. The second kappa shape index (κ2) is 4.96. The number of anilines is 1. The first-order valence-electron chi connectivity index (χ1n) is 6.31. The molecular formula is C13H19ClN2O2S. The molecule has 1 aliphatic heterocycles. The fraction of sp³-hybridized carbons (Fsp3) is 0.538. The summed E-state index contributed by atoms with van der Waals surface area (Å²) in [5.41, 5.74) is 6.93. The second-order valence-electron chi connectivity index (χ2n) is 5.38. The summed E-state index contributed by atoms with van der Waals surface area (Å²) < 4.78 is 26.8. The van der Waals surface area contributed by atoms with Gasteiger partial charge in [-0.3, -0.25) is 0 Å². The lowest BCUT2D eigenvalue weighted by molar-refractivity contribution is 0.405. The monoisotopic (exact) mass is 302 g/mol. The van der Waals surface area contributed by atoms with E-state index in [2.05, 4.69) is 6.92 Å². The lowest BCUT2D eigenvalue weighted by Crippen LogP contribution is -2.34. The quantitative estimate of drug-likeness (QED) is 0.854. The van der Waals surface area contributed by atoms with Crippen molar-refractivity contribution in [1.29, 1.82) is 0 Å². The zero-order chi connectivity index (χ0) is 14.4. The molecule has 2 unspecified atom stereocenters. The predicted octanol–water partition coefficient (Wildman–Crippen LogP) is 2.65. The molecule has 0 saturated carbocycles. The Bertz CT molecular complexity index is 578. The molecular weight excluding hydrogens is 284 g/mol. The van der Waals surface area contributed by atoms with Crippen molar-refractivity contribution in [3.63, 3.8) is 0 Å². The molecule has 0 bridgehead atoms. The van der Waals surface area contributed by atoms with Crippen LogP contribution in [0.4, 0.5) is 5.69 Å². The maximum absolute atomic E-state index is 12.6. The fourth-order valence-corrected chi connectivity index (χ4v) is 4.67. The number of hydrogen-bond donors (Lipinski definition) is 1. The number of nitrogens with two attached hydrogens (primary N) is 1. The van der Waals surface area contributed by atoms with Gasteiger partial charge >= 0.3 is 0 Å². The average molecular weight is 303 g/mol. The first-order valence-corrected chi connectivity index (χ1v) is 8.12. The molecule has 4 nitrogen and oxygen atoms in total. The van der Waals surface area contributed by atoms with Crippen LogP contribution in [0.25, 0.3) is 0 Å². The van der Waals surface area contributed by atoms with Crippen molar-refractivity contribution in [1.82, 2.24) is 4.31 Å². The number of sulfonamides is 1. The Morgan fingerprint density at radius 2 is 2.00 bits per heavy atom. The second-order valence-corrected chi connectivity index (χ2v) is 7.68. The van der Waals surface area contributed by atoms with E-state index in [1.54, 1.807) is 6.92 Å². The van der Waals surface area contributed by atoms with Gasteiger partial charge in [-0.25, -0.2) is 8.42 Å².